The predicted octanol–water partition coefficient (Wildman–Crippen LogP) is -0.0941. The minimum absolute atomic E-state index is 0.0153. The van der Waals surface area contributed by atoms with Crippen molar-refractivity contribution in [2.45, 2.75) is 0 Å². The minimum Gasteiger partial charge on any atom is -0.464 e. The van der Waals surface area contributed by atoms with Crippen molar-refractivity contribution in [3.8, 4) is 17.4 Å². The lowest BCUT2D eigenvalue weighted by molar-refractivity contribution is 0.0593. The van der Waals surface area contributed by atoms with Gasteiger partial charge in [0.2, 0.25) is 0 Å². The Bertz CT molecular complexity index is 1170. The third kappa shape index (κ3) is 2.62. The molecule has 0 radical (unpaired) electrons. The van der Waals surface area contributed by atoms with Crippen molar-refractivity contribution >= 4 is 11.7 Å². The quantitative estimate of drug-likeness (QED) is 0.643. The Hall–Kier alpha value is -4.00. The fraction of sp³-hybridized carbons (Fsp3) is 0.176. The molecule has 0 amide bonds. The van der Waals surface area contributed by atoms with E-state index < -0.39 is 17.3 Å². The normalized spacial score (nSPS) is 10.6. The van der Waals surface area contributed by atoms with Gasteiger partial charge in [-0.25, -0.2) is 28.3 Å². The number of hydrogen-bond acceptors (Lipinski definition) is 6. The van der Waals surface area contributed by atoms with E-state index in [0.717, 1.165) is 4.57 Å². The first-order chi connectivity index (χ1) is 12.8. The van der Waals surface area contributed by atoms with Crippen LogP contribution in [0.2, 0.25) is 0 Å². The van der Waals surface area contributed by atoms with Gasteiger partial charge >= 0.3 is 17.3 Å². The molecule has 0 spiro atoms. The Labute approximate surface area is 152 Å². The molecular formula is C17H16N6O4. The van der Waals surface area contributed by atoms with Crippen molar-refractivity contribution in [3.63, 3.8) is 0 Å². The monoisotopic (exact) mass is 368 g/mol. The Morgan fingerprint density at radius 1 is 1.07 bits per heavy atom. The summed E-state index contributed by atoms with van der Waals surface area (Å²) in [4.78, 5) is 36.5. The first-order valence-corrected chi connectivity index (χ1v) is 7.76. The van der Waals surface area contributed by atoms with E-state index in [9.17, 15) is 14.4 Å². The molecule has 0 bridgehead atoms. The Morgan fingerprint density at radius 2 is 1.59 bits per heavy atom. The Morgan fingerprint density at radius 3 is 2.07 bits per heavy atom. The predicted molar refractivity (Wildman–Crippen MR) is 96.0 cm³/mol. The van der Waals surface area contributed by atoms with E-state index in [-0.39, 0.29) is 16.9 Å². The highest BCUT2D eigenvalue weighted by Gasteiger charge is 2.22. The van der Waals surface area contributed by atoms with Gasteiger partial charge in [-0.2, -0.15) is 5.26 Å². The van der Waals surface area contributed by atoms with Crippen LogP contribution < -0.4 is 17.1 Å². The number of nitrogen functional groups attached to an aromatic ring is 1. The van der Waals surface area contributed by atoms with Crippen LogP contribution in [0.1, 0.15) is 16.1 Å². The molecule has 3 rings (SSSR count). The molecule has 0 saturated carbocycles. The summed E-state index contributed by atoms with van der Waals surface area (Å²) in [5.41, 5.74) is 5.95. The molecule has 1 aromatic carbocycles. The van der Waals surface area contributed by atoms with Crippen LogP contribution in [0.5, 0.6) is 0 Å². The van der Waals surface area contributed by atoms with Gasteiger partial charge in [0.25, 0.3) is 0 Å². The SMILES string of the molecule is COC(=O)c1c(N)c(C#N)cn1-c1ccc(-n2c(=O)n(C)n(C)c2=O)cc1. The number of carbonyl (C=O) groups is 1. The number of methoxy groups -OCH3 is 1. The number of carbonyl (C=O) groups excluding carboxylic acids is 1. The minimum atomic E-state index is -0.689. The molecular weight excluding hydrogens is 352 g/mol. The van der Waals surface area contributed by atoms with Crippen LogP contribution in [-0.4, -0.2) is 31.6 Å². The maximum atomic E-state index is 12.2. The van der Waals surface area contributed by atoms with Gasteiger partial charge in [-0.1, -0.05) is 0 Å². The van der Waals surface area contributed by atoms with Gasteiger partial charge in [-0.05, 0) is 24.3 Å². The van der Waals surface area contributed by atoms with Crippen LogP contribution in [0.4, 0.5) is 5.69 Å². The number of nitriles is 1. The summed E-state index contributed by atoms with van der Waals surface area (Å²) in [6.45, 7) is 0. The third-order valence-electron chi connectivity index (χ3n) is 4.32. The van der Waals surface area contributed by atoms with E-state index in [1.165, 1.54) is 41.3 Å². The molecule has 0 aliphatic rings. The topological polar surface area (TPSA) is 130 Å². The summed E-state index contributed by atoms with van der Waals surface area (Å²) >= 11 is 0. The van der Waals surface area contributed by atoms with Gasteiger partial charge in [0.1, 0.15) is 6.07 Å². The van der Waals surface area contributed by atoms with Crippen LogP contribution in [0, 0.1) is 11.3 Å². The molecule has 138 valence electrons. The lowest BCUT2D eigenvalue weighted by Crippen LogP contribution is -2.26. The van der Waals surface area contributed by atoms with Gasteiger partial charge in [0.05, 0.1) is 24.0 Å². The number of nitrogens with zero attached hydrogens (tertiary/aromatic N) is 5. The number of rotatable bonds is 3. The molecule has 0 atom stereocenters. The fourth-order valence-corrected chi connectivity index (χ4v) is 2.73. The van der Waals surface area contributed by atoms with Crippen LogP contribution in [0.3, 0.4) is 0 Å². The summed E-state index contributed by atoms with van der Waals surface area (Å²) < 4.78 is 9.57. The maximum Gasteiger partial charge on any atom is 0.357 e. The zero-order chi connectivity index (χ0) is 19.9. The average molecular weight is 368 g/mol. The van der Waals surface area contributed by atoms with Crippen molar-refractivity contribution in [2.75, 3.05) is 12.8 Å². The molecule has 0 fully saturated rings. The second-order valence-electron chi connectivity index (χ2n) is 5.74. The van der Waals surface area contributed by atoms with E-state index in [4.69, 9.17) is 15.7 Å². The highest BCUT2D eigenvalue weighted by Crippen LogP contribution is 2.25. The number of aromatic nitrogens is 4. The van der Waals surface area contributed by atoms with Crippen LogP contribution in [-0.2, 0) is 18.8 Å². The number of anilines is 1. The van der Waals surface area contributed by atoms with Crippen LogP contribution in [0.15, 0.2) is 40.1 Å². The maximum absolute atomic E-state index is 12.2. The second-order valence-corrected chi connectivity index (χ2v) is 5.74. The fourth-order valence-electron chi connectivity index (χ4n) is 2.73. The lowest BCUT2D eigenvalue weighted by Gasteiger charge is -2.09. The number of nitrogens with two attached hydrogens (primary N) is 1. The van der Waals surface area contributed by atoms with Crippen LogP contribution >= 0.6 is 0 Å². The molecule has 10 nitrogen and oxygen atoms in total. The van der Waals surface area contributed by atoms with Crippen LogP contribution in [0.25, 0.3) is 11.4 Å². The molecule has 0 aliphatic heterocycles. The van der Waals surface area contributed by atoms with E-state index in [0.29, 0.717) is 11.4 Å². The standard InChI is InChI=1S/C17H16N6O4/c1-20-16(25)23(17(26)21(20)2)12-6-4-11(5-7-12)22-9-10(8-18)13(19)14(22)15(24)27-3/h4-7,9H,19H2,1-3H3. The van der Waals surface area contributed by atoms with E-state index in [1.807, 2.05) is 6.07 Å². The molecule has 2 N–H and O–H groups in total. The van der Waals surface area contributed by atoms with E-state index >= 15 is 0 Å². The Balaban J connectivity index is 2.14. The summed E-state index contributed by atoms with van der Waals surface area (Å²) in [5.74, 6) is -0.689. The van der Waals surface area contributed by atoms with Gasteiger partial charge in [0.15, 0.2) is 5.69 Å². The van der Waals surface area contributed by atoms with Gasteiger partial charge in [0, 0.05) is 26.0 Å². The van der Waals surface area contributed by atoms with Crippen molar-refractivity contribution < 1.29 is 9.53 Å². The van der Waals surface area contributed by atoms with Gasteiger partial charge < -0.3 is 15.0 Å². The number of ether oxygens (including phenoxy) is 1. The first-order valence-electron chi connectivity index (χ1n) is 7.76. The number of hydrogen-bond donors (Lipinski definition) is 1. The van der Waals surface area contributed by atoms with Gasteiger partial charge in [-0.3, -0.25) is 0 Å². The van der Waals surface area contributed by atoms with E-state index in [2.05, 4.69) is 0 Å². The Kier molecular flexibility index (Phi) is 4.21. The smallest absolute Gasteiger partial charge is 0.357 e. The summed E-state index contributed by atoms with van der Waals surface area (Å²) in [6.07, 6.45) is 1.42. The molecule has 0 aliphatic carbocycles. The van der Waals surface area contributed by atoms with Gasteiger partial charge in [-0.15, -0.1) is 0 Å². The molecule has 2 heterocycles. The highest BCUT2D eigenvalue weighted by atomic mass is 16.5. The molecule has 0 unspecified atom stereocenters. The van der Waals surface area contributed by atoms with E-state index in [1.54, 1.807) is 24.3 Å². The molecule has 0 saturated heterocycles. The summed E-state index contributed by atoms with van der Waals surface area (Å²) in [5, 5.41) is 9.17. The molecule has 2 aromatic heterocycles. The van der Waals surface area contributed by atoms with Crippen molar-refractivity contribution in [2.24, 2.45) is 14.1 Å². The molecule has 27 heavy (non-hydrogen) atoms. The number of esters is 1. The highest BCUT2D eigenvalue weighted by molar-refractivity contribution is 5.95. The zero-order valence-corrected chi connectivity index (χ0v) is 14.8. The van der Waals surface area contributed by atoms with Crippen molar-refractivity contribution in [3.05, 3.63) is 62.7 Å². The average Bonchev–Trinajstić information content (AvgIpc) is 3.11. The largest absolute Gasteiger partial charge is 0.464 e. The third-order valence-corrected chi connectivity index (χ3v) is 4.32. The molecule has 3 aromatic rings. The number of benzene rings is 1. The first kappa shape index (κ1) is 17.8. The second kappa shape index (κ2) is 6.38. The summed E-state index contributed by atoms with van der Waals surface area (Å²) in [7, 11) is 4.19. The van der Waals surface area contributed by atoms with Crippen molar-refractivity contribution in [1.29, 1.82) is 5.26 Å². The lowest BCUT2D eigenvalue weighted by atomic mass is 10.2. The van der Waals surface area contributed by atoms with Crippen molar-refractivity contribution in [1.82, 2.24) is 18.5 Å². The summed E-state index contributed by atoms with van der Waals surface area (Å²) in [6, 6.07) is 8.23. The molecule has 10 heteroatoms. The zero-order valence-electron chi connectivity index (χ0n) is 14.8.